The number of hydrogen-bond acceptors (Lipinski definition) is 4. The lowest BCUT2D eigenvalue weighted by Gasteiger charge is -2.15. The minimum absolute atomic E-state index is 0.0271. The van der Waals surface area contributed by atoms with E-state index in [1.54, 1.807) is 0 Å². The maximum atomic E-state index is 12.2. The molecule has 19 heavy (non-hydrogen) atoms. The average Bonchev–Trinajstić information content (AvgIpc) is 2.72. The van der Waals surface area contributed by atoms with Crippen LogP contribution in [0.25, 0.3) is 0 Å². The Morgan fingerprint density at radius 1 is 1.26 bits per heavy atom. The van der Waals surface area contributed by atoms with Gasteiger partial charge in [-0.15, -0.1) is 11.3 Å². The summed E-state index contributed by atoms with van der Waals surface area (Å²) in [6.07, 6.45) is 6.10. The predicted molar refractivity (Wildman–Crippen MR) is 73.1 cm³/mol. The molecule has 0 aromatic carbocycles. The molecule has 106 valence electrons. The van der Waals surface area contributed by atoms with Crippen LogP contribution in [-0.2, 0) is 10.0 Å². The maximum Gasteiger partial charge on any atom is 0.345 e. The molecule has 2 rings (SSSR count). The molecule has 1 saturated carbocycles. The Kier molecular flexibility index (Phi) is 4.59. The van der Waals surface area contributed by atoms with Crippen molar-refractivity contribution in [1.29, 1.82) is 0 Å². The van der Waals surface area contributed by atoms with Crippen LogP contribution < -0.4 is 4.72 Å². The van der Waals surface area contributed by atoms with Crippen LogP contribution in [0, 0.1) is 0 Å². The zero-order valence-corrected chi connectivity index (χ0v) is 12.1. The van der Waals surface area contributed by atoms with E-state index in [-0.39, 0.29) is 15.8 Å². The number of carboxylic acids is 1. The molecule has 1 heterocycles. The number of thiophene rings is 1. The van der Waals surface area contributed by atoms with Crippen LogP contribution in [0.15, 0.2) is 16.3 Å². The van der Waals surface area contributed by atoms with Crippen molar-refractivity contribution in [2.75, 3.05) is 0 Å². The zero-order valence-electron chi connectivity index (χ0n) is 10.5. The van der Waals surface area contributed by atoms with E-state index in [0.29, 0.717) is 0 Å². The summed E-state index contributed by atoms with van der Waals surface area (Å²) in [5.74, 6) is -1.10. The van der Waals surface area contributed by atoms with Crippen molar-refractivity contribution < 1.29 is 18.3 Å². The highest BCUT2D eigenvalue weighted by Gasteiger charge is 2.23. The molecule has 1 fully saturated rings. The Balaban J connectivity index is 2.10. The van der Waals surface area contributed by atoms with Gasteiger partial charge in [0.15, 0.2) is 0 Å². The maximum absolute atomic E-state index is 12.2. The molecule has 1 aliphatic rings. The first kappa shape index (κ1) is 14.5. The number of carboxylic acid groups (broad SMARTS) is 1. The fraction of sp³-hybridized carbons (Fsp3) is 0.583. The fourth-order valence-electron chi connectivity index (χ4n) is 2.26. The van der Waals surface area contributed by atoms with Gasteiger partial charge in [-0.2, -0.15) is 0 Å². The highest BCUT2D eigenvalue weighted by atomic mass is 32.2. The Labute approximate surface area is 116 Å². The summed E-state index contributed by atoms with van der Waals surface area (Å²) >= 11 is 0.932. The lowest BCUT2D eigenvalue weighted by molar-refractivity contribution is 0.0702. The molecule has 2 N–H and O–H groups in total. The molecule has 1 aromatic heterocycles. The molecule has 0 bridgehead atoms. The van der Waals surface area contributed by atoms with Crippen molar-refractivity contribution in [3.63, 3.8) is 0 Å². The van der Waals surface area contributed by atoms with Gasteiger partial charge in [-0.05, 0) is 18.9 Å². The van der Waals surface area contributed by atoms with Crippen molar-refractivity contribution in [3.05, 3.63) is 16.3 Å². The first-order chi connectivity index (χ1) is 8.99. The second kappa shape index (κ2) is 6.02. The second-order valence-corrected chi connectivity index (χ2v) is 7.39. The third-order valence-corrected chi connectivity index (χ3v) is 5.84. The van der Waals surface area contributed by atoms with Gasteiger partial charge in [0.25, 0.3) is 0 Å². The quantitative estimate of drug-likeness (QED) is 0.837. The topological polar surface area (TPSA) is 83.5 Å². The Morgan fingerprint density at radius 2 is 1.89 bits per heavy atom. The largest absolute Gasteiger partial charge is 0.477 e. The normalized spacial score (nSPS) is 18.1. The van der Waals surface area contributed by atoms with Crippen LogP contribution in [0.3, 0.4) is 0 Å². The van der Waals surface area contributed by atoms with E-state index in [9.17, 15) is 13.2 Å². The molecule has 0 spiro atoms. The van der Waals surface area contributed by atoms with Crippen LogP contribution in [0.2, 0.25) is 0 Å². The summed E-state index contributed by atoms with van der Waals surface area (Å²) in [4.78, 5) is 10.9. The summed E-state index contributed by atoms with van der Waals surface area (Å²) in [5, 5.41) is 10.2. The van der Waals surface area contributed by atoms with Crippen LogP contribution in [-0.4, -0.2) is 25.5 Å². The summed E-state index contributed by atoms with van der Waals surface area (Å²) in [6, 6.07) is 1.19. The van der Waals surface area contributed by atoms with Gasteiger partial charge < -0.3 is 5.11 Å². The highest BCUT2D eigenvalue weighted by molar-refractivity contribution is 7.89. The lowest BCUT2D eigenvalue weighted by atomic mass is 10.1. The molecule has 0 saturated heterocycles. The smallest absolute Gasteiger partial charge is 0.345 e. The van der Waals surface area contributed by atoms with Crippen molar-refractivity contribution in [1.82, 2.24) is 4.72 Å². The van der Waals surface area contributed by atoms with Gasteiger partial charge in [0, 0.05) is 11.4 Å². The van der Waals surface area contributed by atoms with E-state index < -0.39 is 16.0 Å². The predicted octanol–water partition coefficient (Wildman–Crippen LogP) is 2.45. The standard InChI is InChI=1S/C12H17NO4S2/c14-12(15)11-7-10(8-18-11)19(16,17)13-9-5-3-1-2-4-6-9/h7-9,13H,1-6H2,(H,14,15). The van der Waals surface area contributed by atoms with E-state index in [4.69, 9.17) is 5.11 Å². The number of nitrogens with one attached hydrogen (secondary N) is 1. The Morgan fingerprint density at radius 3 is 2.42 bits per heavy atom. The molecule has 0 atom stereocenters. The van der Waals surface area contributed by atoms with Gasteiger partial charge in [0.1, 0.15) is 4.88 Å². The van der Waals surface area contributed by atoms with Crippen LogP contribution >= 0.6 is 11.3 Å². The summed E-state index contributed by atoms with van der Waals surface area (Å²) in [5.41, 5.74) is 0. The molecule has 7 heteroatoms. The number of rotatable bonds is 4. The number of hydrogen-bond donors (Lipinski definition) is 2. The fourth-order valence-corrected chi connectivity index (χ4v) is 4.67. The van der Waals surface area contributed by atoms with Crippen molar-refractivity contribution in [2.24, 2.45) is 0 Å². The van der Waals surface area contributed by atoms with Crippen molar-refractivity contribution >= 4 is 27.3 Å². The first-order valence-electron chi connectivity index (χ1n) is 6.33. The molecule has 1 aliphatic carbocycles. The van der Waals surface area contributed by atoms with Crippen LogP contribution in [0.1, 0.15) is 48.2 Å². The van der Waals surface area contributed by atoms with Gasteiger partial charge >= 0.3 is 5.97 Å². The Bertz CT molecular complexity index is 542. The number of carbonyl (C=O) groups is 1. The molecule has 5 nitrogen and oxygen atoms in total. The molecule has 0 unspecified atom stereocenters. The van der Waals surface area contributed by atoms with Crippen LogP contribution in [0.4, 0.5) is 0 Å². The molecular formula is C12H17NO4S2. The van der Waals surface area contributed by atoms with Crippen LogP contribution in [0.5, 0.6) is 0 Å². The third kappa shape index (κ3) is 3.77. The zero-order chi connectivity index (χ0) is 13.9. The molecule has 1 aromatic rings. The van der Waals surface area contributed by atoms with E-state index in [2.05, 4.69) is 4.72 Å². The second-order valence-electron chi connectivity index (χ2n) is 4.76. The first-order valence-corrected chi connectivity index (χ1v) is 8.69. The summed E-state index contributed by atoms with van der Waals surface area (Å²) in [7, 11) is -3.59. The SMILES string of the molecule is O=C(O)c1cc(S(=O)(=O)NC2CCCCCC2)cs1. The van der Waals surface area contributed by atoms with Gasteiger partial charge in [0.05, 0.1) is 4.90 Å². The highest BCUT2D eigenvalue weighted by Crippen LogP contribution is 2.22. The van der Waals surface area contributed by atoms with Crippen molar-refractivity contribution in [2.45, 2.75) is 49.5 Å². The van der Waals surface area contributed by atoms with Gasteiger partial charge in [-0.3, -0.25) is 0 Å². The molecular weight excluding hydrogens is 286 g/mol. The van der Waals surface area contributed by atoms with E-state index in [1.165, 1.54) is 11.4 Å². The summed E-state index contributed by atoms with van der Waals surface area (Å²) < 4.78 is 27.0. The molecule has 0 radical (unpaired) electrons. The van der Waals surface area contributed by atoms with Gasteiger partial charge in [-0.25, -0.2) is 17.9 Å². The minimum atomic E-state index is -3.59. The van der Waals surface area contributed by atoms with Gasteiger partial charge in [0.2, 0.25) is 10.0 Å². The average molecular weight is 303 g/mol. The number of sulfonamides is 1. The monoisotopic (exact) mass is 303 g/mol. The van der Waals surface area contributed by atoms with E-state index in [0.717, 1.165) is 49.9 Å². The summed E-state index contributed by atoms with van der Waals surface area (Å²) in [6.45, 7) is 0. The third-order valence-electron chi connectivity index (χ3n) is 3.27. The minimum Gasteiger partial charge on any atom is -0.477 e. The lowest BCUT2D eigenvalue weighted by Crippen LogP contribution is -2.34. The Hall–Kier alpha value is -0.920. The molecule has 0 aliphatic heterocycles. The van der Waals surface area contributed by atoms with E-state index >= 15 is 0 Å². The van der Waals surface area contributed by atoms with E-state index in [1.807, 2.05) is 0 Å². The number of aromatic carboxylic acids is 1. The van der Waals surface area contributed by atoms with Crippen molar-refractivity contribution in [3.8, 4) is 0 Å². The molecule has 0 amide bonds. The van der Waals surface area contributed by atoms with Gasteiger partial charge in [-0.1, -0.05) is 25.7 Å².